The minimum Gasteiger partial charge on any atom is -0.497 e. The van der Waals surface area contributed by atoms with Gasteiger partial charge in [-0.3, -0.25) is 9.20 Å². The lowest BCUT2D eigenvalue weighted by molar-refractivity contribution is 0.0529. The van der Waals surface area contributed by atoms with E-state index in [2.05, 4.69) is 4.98 Å². The predicted octanol–water partition coefficient (Wildman–Crippen LogP) is 5.58. The van der Waals surface area contributed by atoms with Crippen LogP contribution in [-0.2, 0) is 4.74 Å². The monoisotopic (exact) mass is 480 g/mol. The highest BCUT2D eigenvalue weighted by Crippen LogP contribution is 2.34. The van der Waals surface area contributed by atoms with Gasteiger partial charge in [-0.15, -0.1) is 0 Å². The van der Waals surface area contributed by atoms with E-state index < -0.39 is 5.97 Å². The molecule has 0 aliphatic carbocycles. The number of ketones is 1. The van der Waals surface area contributed by atoms with E-state index in [1.807, 2.05) is 48.5 Å². The van der Waals surface area contributed by atoms with Crippen LogP contribution in [0.3, 0.4) is 0 Å². The van der Waals surface area contributed by atoms with Gasteiger partial charge >= 0.3 is 5.97 Å². The first-order valence-corrected chi connectivity index (χ1v) is 11.5. The van der Waals surface area contributed by atoms with Crippen LogP contribution in [0.2, 0.25) is 0 Å². The minimum atomic E-state index is -0.509. The third kappa shape index (κ3) is 3.94. The molecule has 0 aliphatic rings. The molecule has 0 fully saturated rings. The smallest absolute Gasteiger partial charge is 0.340 e. The molecule has 0 saturated heterocycles. The Labute approximate surface area is 207 Å². The molecule has 5 rings (SSSR count). The van der Waals surface area contributed by atoms with Crippen molar-refractivity contribution in [3.63, 3.8) is 0 Å². The quantitative estimate of drug-likeness (QED) is 0.224. The Morgan fingerprint density at radius 3 is 2.47 bits per heavy atom. The number of carbonyl (C=O) groups excluding carboxylic acids is 2. The van der Waals surface area contributed by atoms with E-state index in [0.717, 1.165) is 16.3 Å². The summed E-state index contributed by atoms with van der Waals surface area (Å²) in [5, 5.41) is 1.80. The van der Waals surface area contributed by atoms with Crippen LogP contribution in [0.1, 0.15) is 33.3 Å². The highest BCUT2D eigenvalue weighted by atomic mass is 16.5. The Kier molecular flexibility index (Phi) is 6.12. The van der Waals surface area contributed by atoms with Crippen LogP contribution in [0, 0.1) is 0 Å². The number of fused-ring (bicyclic) bond motifs is 2. The third-order valence-electron chi connectivity index (χ3n) is 6.11. The van der Waals surface area contributed by atoms with Crippen LogP contribution in [0.15, 0.2) is 79.1 Å². The summed E-state index contributed by atoms with van der Waals surface area (Å²) in [4.78, 5) is 31.2. The molecule has 2 aromatic heterocycles. The van der Waals surface area contributed by atoms with Gasteiger partial charge in [-0.2, -0.15) is 0 Å². The molecule has 0 amide bonds. The first-order chi connectivity index (χ1) is 17.5. The van der Waals surface area contributed by atoms with Crippen molar-refractivity contribution in [2.75, 3.05) is 20.8 Å². The molecule has 180 valence electrons. The molecule has 36 heavy (non-hydrogen) atoms. The fourth-order valence-corrected chi connectivity index (χ4v) is 4.36. The summed E-state index contributed by atoms with van der Waals surface area (Å²) in [7, 11) is 3.15. The summed E-state index contributed by atoms with van der Waals surface area (Å²) in [6.07, 6.45) is 1.55. The molecule has 0 spiro atoms. The fraction of sp³-hybridized carbons (Fsp3) is 0.138. The van der Waals surface area contributed by atoms with Gasteiger partial charge in [-0.25, -0.2) is 9.78 Å². The molecule has 0 saturated carbocycles. The molecule has 5 aromatic rings. The van der Waals surface area contributed by atoms with Crippen LogP contribution in [0.25, 0.3) is 27.5 Å². The van der Waals surface area contributed by atoms with E-state index in [1.54, 1.807) is 56.1 Å². The maximum absolute atomic E-state index is 13.8. The zero-order valence-corrected chi connectivity index (χ0v) is 20.1. The molecular formula is C29H24N2O5. The van der Waals surface area contributed by atoms with Crippen LogP contribution in [-0.4, -0.2) is 42.0 Å². The van der Waals surface area contributed by atoms with Gasteiger partial charge in [0, 0.05) is 17.2 Å². The van der Waals surface area contributed by atoms with Crippen molar-refractivity contribution in [3.8, 4) is 22.8 Å². The topological polar surface area (TPSA) is 79.1 Å². The van der Waals surface area contributed by atoms with Crippen molar-refractivity contribution >= 4 is 28.0 Å². The number of benzene rings is 3. The van der Waals surface area contributed by atoms with Gasteiger partial charge in [0.25, 0.3) is 0 Å². The van der Waals surface area contributed by atoms with Crippen molar-refractivity contribution in [3.05, 3.63) is 95.9 Å². The highest BCUT2D eigenvalue weighted by Gasteiger charge is 2.24. The lowest BCUT2D eigenvalue weighted by Gasteiger charge is -2.11. The van der Waals surface area contributed by atoms with E-state index >= 15 is 0 Å². The van der Waals surface area contributed by atoms with Crippen molar-refractivity contribution in [2.45, 2.75) is 6.92 Å². The Morgan fingerprint density at radius 2 is 1.69 bits per heavy atom. The molecule has 7 heteroatoms. The lowest BCUT2D eigenvalue weighted by Crippen LogP contribution is -2.06. The van der Waals surface area contributed by atoms with Crippen LogP contribution >= 0.6 is 0 Å². The first kappa shape index (κ1) is 23.1. The molecule has 0 atom stereocenters. The minimum absolute atomic E-state index is 0.214. The van der Waals surface area contributed by atoms with E-state index in [1.165, 1.54) is 0 Å². The van der Waals surface area contributed by atoms with Gasteiger partial charge in [0.05, 0.1) is 43.3 Å². The first-order valence-electron chi connectivity index (χ1n) is 11.5. The normalized spacial score (nSPS) is 11.0. The summed E-state index contributed by atoms with van der Waals surface area (Å²) >= 11 is 0. The fourth-order valence-electron chi connectivity index (χ4n) is 4.36. The number of methoxy groups -OCH3 is 2. The summed E-state index contributed by atoms with van der Waals surface area (Å²) in [6, 6.07) is 22.1. The molecule has 0 aliphatic heterocycles. The van der Waals surface area contributed by atoms with Crippen LogP contribution in [0.5, 0.6) is 11.5 Å². The molecule has 7 nitrogen and oxygen atoms in total. The Hall–Kier alpha value is -4.65. The van der Waals surface area contributed by atoms with E-state index in [9.17, 15) is 9.59 Å². The van der Waals surface area contributed by atoms with Gasteiger partial charge < -0.3 is 14.2 Å². The summed E-state index contributed by atoms with van der Waals surface area (Å²) < 4.78 is 17.8. The molecular weight excluding hydrogens is 456 g/mol. The molecule has 0 radical (unpaired) electrons. The van der Waals surface area contributed by atoms with E-state index in [0.29, 0.717) is 34.0 Å². The maximum Gasteiger partial charge on any atom is 0.340 e. The second-order valence-corrected chi connectivity index (χ2v) is 8.12. The number of rotatable bonds is 7. The maximum atomic E-state index is 13.8. The number of hydrogen-bond donors (Lipinski definition) is 0. The molecule has 0 bridgehead atoms. The second-order valence-electron chi connectivity index (χ2n) is 8.12. The number of hydrogen-bond acceptors (Lipinski definition) is 6. The van der Waals surface area contributed by atoms with Crippen molar-refractivity contribution in [1.29, 1.82) is 0 Å². The Bertz CT molecular complexity index is 1610. The third-order valence-corrected chi connectivity index (χ3v) is 6.11. The number of aromatic nitrogens is 2. The predicted molar refractivity (Wildman–Crippen MR) is 137 cm³/mol. The van der Waals surface area contributed by atoms with E-state index in [-0.39, 0.29) is 18.0 Å². The number of carbonyl (C=O) groups is 2. The lowest BCUT2D eigenvalue weighted by atomic mass is 10.00. The Balaban J connectivity index is 1.70. The zero-order valence-electron chi connectivity index (χ0n) is 20.1. The van der Waals surface area contributed by atoms with Crippen molar-refractivity contribution < 1.29 is 23.8 Å². The number of esters is 1. The summed E-state index contributed by atoms with van der Waals surface area (Å²) in [5.41, 5.74) is 2.97. The molecule has 2 heterocycles. The summed E-state index contributed by atoms with van der Waals surface area (Å²) in [6.45, 7) is 1.96. The molecule has 0 unspecified atom stereocenters. The summed E-state index contributed by atoms with van der Waals surface area (Å²) in [5.74, 6) is 0.497. The van der Waals surface area contributed by atoms with Gasteiger partial charge in [0.1, 0.15) is 17.8 Å². The van der Waals surface area contributed by atoms with Crippen LogP contribution in [0.4, 0.5) is 0 Å². The number of ether oxygens (including phenoxy) is 3. The van der Waals surface area contributed by atoms with Gasteiger partial charge in [0.2, 0.25) is 5.78 Å². The van der Waals surface area contributed by atoms with Crippen molar-refractivity contribution in [1.82, 2.24) is 9.38 Å². The van der Waals surface area contributed by atoms with Crippen LogP contribution < -0.4 is 9.47 Å². The van der Waals surface area contributed by atoms with E-state index in [4.69, 9.17) is 14.2 Å². The molecule has 0 N–H and O–H groups in total. The SMILES string of the molecule is CCOC(=O)c1cc(C(=O)c2cccc3ccccc23)n2cnc(-c3ccc(OC)cc3OC)cc12. The second kappa shape index (κ2) is 9.54. The number of nitrogens with zero attached hydrogens (tertiary/aromatic N) is 2. The molecule has 3 aromatic carbocycles. The average Bonchev–Trinajstić information content (AvgIpc) is 3.31. The average molecular weight is 481 g/mol. The van der Waals surface area contributed by atoms with Gasteiger partial charge in [-0.1, -0.05) is 42.5 Å². The standard InChI is InChI=1S/C29H24N2O5/c1-4-36-29(33)23-15-26(28(32)21-11-7-9-18-8-5-6-10-20(18)21)31-17-30-24(16-25(23)31)22-13-12-19(34-2)14-27(22)35-3/h5-17H,4H2,1-3H3. The Morgan fingerprint density at radius 1 is 0.889 bits per heavy atom. The zero-order chi connectivity index (χ0) is 25.2. The van der Waals surface area contributed by atoms with Crippen molar-refractivity contribution in [2.24, 2.45) is 0 Å². The highest BCUT2D eigenvalue weighted by molar-refractivity contribution is 6.17. The van der Waals surface area contributed by atoms with Gasteiger partial charge in [-0.05, 0) is 42.0 Å². The van der Waals surface area contributed by atoms with Gasteiger partial charge in [0.15, 0.2) is 0 Å². The largest absolute Gasteiger partial charge is 0.497 e.